The highest BCUT2D eigenvalue weighted by Gasteiger charge is 2.46. The van der Waals surface area contributed by atoms with E-state index in [0.717, 1.165) is 29.8 Å². The fourth-order valence-corrected chi connectivity index (χ4v) is 5.77. The first kappa shape index (κ1) is 26.8. The lowest BCUT2D eigenvalue weighted by Gasteiger charge is -2.32. The number of allylic oxidation sites excluding steroid dienone is 1. The van der Waals surface area contributed by atoms with Crippen molar-refractivity contribution in [2.45, 2.75) is 24.8 Å². The average Bonchev–Trinajstić information content (AvgIpc) is 3.25. The van der Waals surface area contributed by atoms with E-state index < -0.39 is 17.6 Å². The monoisotopic (exact) mass is 556 g/mol. The zero-order valence-corrected chi connectivity index (χ0v) is 21.7. The summed E-state index contributed by atoms with van der Waals surface area (Å²) in [6, 6.07) is 8.06. The number of amides is 2. The van der Waals surface area contributed by atoms with Crippen LogP contribution in [0.25, 0.3) is 0 Å². The normalized spacial score (nSPS) is 22.5. The summed E-state index contributed by atoms with van der Waals surface area (Å²) in [6.45, 7) is 3.05. The summed E-state index contributed by atoms with van der Waals surface area (Å²) in [6.07, 6.45) is 1.85. The molecule has 2 amide bonds. The van der Waals surface area contributed by atoms with Gasteiger partial charge in [-0.25, -0.2) is 4.98 Å². The van der Waals surface area contributed by atoms with E-state index in [2.05, 4.69) is 15.3 Å². The van der Waals surface area contributed by atoms with Gasteiger partial charge in [0, 0.05) is 37.0 Å². The minimum atomic E-state index is -4.55. The number of aliphatic imine (C=N–C) groups is 2. The van der Waals surface area contributed by atoms with E-state index in [4.69, 9.17) is 10.8 Å². The van der Waals surface area contributed by atoms with Crippen molar-refractivity contribution in [1.29, 1.82) is 0 Å². The lowest BCUT2D eigenvalue weighted by atomic mass is 10.1. The van der Waals surface area contributed by atoms with Gasteiger partial charge in [-0.05, 0) is 36.4 Å². The van der Waals surface area contributed by atoms with Gasteiger partial charge in [0.15, 0.2) is 0 Å². The number of anilines is 1. The number of nitrogens with one attached hydrogen (secondary N) is 1. The summed E-state index contributed by atoms with van der Waals surface area (Å²) < 4.78 is 38.8. The number of amidine groups is 1. The van der Waals surface area contributed by atoms with Crippen molar-refractivity contribution in [2.75, 3.05) is 24.2 Å². The number of hydrogen-bond acceptors (Lipinski definition) is 7. The van der Waals surface area contributed by atoms with Gasteiger partial charge in [0.1, 0.15) is 17.7 Å². The van der Waals surface area contributed by atoms with Crippen LogP contribution in [0.5, 0.6) is 0 Å². The van der Waals surface area contributed by atoms with Crippen molar-refractivity contribution in [3.8, 4) is 0 Å². The summed E-state index contributed by atoms with van der Waals surface area (Å²) in [7, 11) is 0. The van der Waals surface area contributed by atoms with Gasteiger partial charge in [0.25, 0.3) is 11.7 Å². The second-order valence-electron chi connectivity index (χ2n) is 9.07. The van der Waals surface area contributed by atoms with Crippen molar-refractivity contribution in [2.24, 2.45) is 15.8 Å². The molecule has 39 heavy (non-hydrogen) atoms. The second kappa shape index (κ2) is 10.4. The zero-order valence-electron chi connectivity index (χ0n) is 20.9. The predicted molar refractivity (Wildman–Crippen MR) is 142 cm³/mol. The topological polar surface area (TPSA) is 113 Å². The maximum Gasteiger partial charge on any atom is 0.416 e. The standard InChI is InChI=1S/C26H24F3N7O2S/c1-2-22(37)35-10-12-39-20(15-35)23-19-14-31-9-11-36(19,30)24(34-23)16-3-5-17(6-4-16)25(38)33-21-13-18(7-8-32-21)26(27,28)29/h3-9,11,13-14,20H,2,10,12,15,30H2,1H3/p+1. The average molecular weight is 557 g/mol. The van der Waals surface area contributed by atoms with Gasteiger partial charge in [0.2, 0.25) is 11.6 Å². The molecule has 1 fully saturated rings. The Balaban J connectivity index is 1.38. The quantitative estimate of drug-likeness (QED) is 0.428. The van der Waals surface area contributed by atoms with E-state index in [1.165, 1.54) is 0 Å². The Morgan fingerprint density at radius 3 is 2.72 bits per heavy atom. The highest BCUT2D eigenvalue weighted by Crippen LogP contribution is 2.37. The third kappa shape index (κ3) is 5.24. The van der Waals surface area contributed by atoms with Crippen LogP contribution in [-0.2, 0) is 11.0 Å². The molecular weight excluding hydrogens is 531 g/mol. The number of quaternary nitrogens is 1. The number of alkyl halides is 3. The van der Waals surface area contributed by atoms with Crippen molar-refractivity contribution < 1.29 is 27.4 Å². The maximum absolute atomic E-state index is 13.0. The number of nitrogens with zero attached hydrogens (tertiary/aromatic N) is 5. The van der Waals surface area contributed by atoms with Gasteiger partial charge in [-0.2, -0.15) is 24.0 Å². The molecule has 202 valence electrons. The Bertz CT molecular complexity index is 1440. The lowest BCUT2D eigenvalue weighted by Crippen LogP contribution is -2.53. The highest BCUT2D eigenvalue weighted by molar-refractivity contribution is 8.00. The van der Waals surface area contributed by atoms with Crippen molar-refractivity contribution in [1.82, 2.24) is 9.88 Å². The summed E-state index contributed by atoms with van der Waals surface area (Å²) >= 11 is 1.71. The van der Waals surface area contributed by atoms with Gasteiger partial charge in [-0.15, -0.1) is 16.4 Å². The van der Waals surface area contributed by atoms with Crippen molar-refractivity contribution in [3.05, 3.63) is 83.1 Å². The molecule has 1 aromatic carbocycles. The van der Waals surface area contributed by atoms with Crippen LogP contribution < -0.4 is 11.2 Å². The SMILES string of the molecule is CCC(=O)N1CCSC(C2=C3C=NC=C[N+]3(N)C(c3ccc(C(=O)Nc4cc(C(F)(F)F)ccn4)cc3)=N2)C1. The van der Waals surface area contributed by atoms with Crippen LogP contribution in [0.2, 0.25) is 0 Å². The number of pyridine rings is 1. The third-order valence-corrected chi connectivity index (χ3v) is 7.78. The number of carbonyl (C=O) groups is 2. The Hall–Kier alpha value is -3.81. The predicted octanol–water partition coefficient (Wildman–Crippen LogP) is 3.92. The van der Waals surface area contributed by atoms with Crippen LogP contribution in [0.1, 0.15) is 34.8 Å². The van der Waals surface area contributed by atoms with Gasteiger partial charge in [0.05, 0.1) is 28.8 Å². The number of thioether (sulfide) groups is 1. The fraction of sp³-hybridized carbons (Fsp3) is 0.269. The van der Waals surface area contributed by atoms with E-state index >= 15 is 0 Å². The minimum Gasteiger partial charge on any atom is -0.340 e. The Morgan fingerprint density at radius 1 is 1.23 bits per heavy atom. The first-order chi connectivity index (χ1) is 18.6. The second-order valence-corrected chi connectivity index (χ2v) is 10.4. The van der Waals surface area contributed by atoms with Gasteiger partial charge in [-0.3, -0.25) is 14.6 Å². The van der Waals surface area contributed by atoms with Crippen LogP contribution in [0.15, 0.2) is 76.4 Å². The molecule has 3 aliphatic rings. The highest BCUT2D eigenvalue weighted by atomic mass is 32.2. The lowest BCUT2D eigenvalue weighted by molar-refractivity contribution is -0.750. The summed E-state index contributed by atoms with van der Waals surface area (Å²) in [5.74, 6) is 7.38. The number of hydrogen-bond donors (Lipinski definition) is 2. The number of nitrogens with two attached hydrogens (primary N) is 1. The van der Waals surface area contributed by atoms with E-state index in [9.17, 15) is 22.8 Å². The van der Waals surface area contributed by atoms with Crippen LogP contribution in [-0.4, -0.2) is 62.4 Å². The molecule has 13 heteroatoms. The Morgan fingerprint density at radius 2 is 2.00 bits per heavy atom. The first-order valence-electron chi connectivity index (χ1n) is 12.2. The number of rotatable bonds is 5. The summed E-state index contributed by atoms with van der Waals surface area (Å²) in [5.41, 5.74) is 1.42. The van der Waals surface area contributed by atoms with Crippen LogP contribution in [0.3, 0.4) is 0 Å². The maximum atomic E-state index is 13.0. The van der Waals surface area contributed by atoms with E-state index in [0.29, 0.717) is 36.6 Å². The molecule has 1 saturated heterocycles. The van der Waals surface area contributed by atoms with Crippen LogP contribution in [0.4, 0.5) is 19.0 Å². The molecule has 1 aromatic heterocycles. The molecule has 0 bridgehead atoms. The summed E-state index contributed by atoms with van der Waals surface area (Å²) in [5, 5.41) is 2.32. The molecule has 3 aliphatic heterocycles. The largest absolute Gasteiger partial charge is 0.416 e. The number of benzene rings is 1. The molecule has 0 spiro atoms. The van der Waals surface area contributed by atoms with Gasteiger partial charge >= 0.3 is 6.18 Å². The molecule has 3 N–H and O–H groups in total. The van der Waals surface area contributed by atoms with Crippen molar-refractivity contribution in [3.63, 3.8) is 0 Å². The molecule has 2 atom stereocenters. The van der Waals surface area contributed by atoms with Gasteiger partial charge in [-0.1, -0.05) is 6.92 Å². The van der Waals surface area contributed by atoms with E-state index in [1.54, 1.807) is 54.6 Å². The van der Waals surface area contributed by atoms with Crippen LogP contribution >= 0.6 is 11.8 Å². The number of fused-ring (bicyclic) bond motifs is 1. The number of aromatic nitrogens is 1. The molecule has 9 nitrogen and oxygen atoms in total. The first-order valence-corrected chi connectivity index (χ1v) is 13.2. The number of halogens is 3. The van der Waals surface area contributed by atoms with E-state index in [-0.39, 0.29) is 27.1 Å². The summed E-state index contributed by atoms with van der Waals surface area (Å²) in [4.78, 5) is 39.9. The molecular formula is C26H25F3N7O2S+. The molecule has 4 heterocycles. The van der Waals surface area contributed by atoms with Crippen LogP contribution in [0, 0.1) is 0 Å². The third-order valence-electron chi connectivity index (χ3n) is 6.58. The number of carbonyl (C=O) groups excluding carboxylic acids is 2. The minimum absolute atomic E-state index is 0.0780. The fourth-order valence-electron chi connectivity index (χ4n) is 4.54. The molecule has 2 aromatic rings. The van der Waals surface area contributed by atoms with Gasteiger partial charge < -0.3 is 10.2 Å². The molecule has 5 rings (SSSR count). The molecule has 0 saturated carbocycles. The zero-order chi connectivity index (χ0) is 27.8. The molecule has 2 unspecified atom stereocenters. The van der Waals surface area contributed by atoms with Crippen molar-refractivity contribution >= 4 is 41.4 Å². The van der Waals surface area contributed by atoms with E-state index in [1.807, 2.05) is 11.8 Å². The Kier molecular flexibility index (Phi) is 7.14. The Labute approximate surface area is 226 Å². The smallest absolute Gasteiger partial charge is 0.340 e. The molecule has 0 radical (unpaired) electrons. The molecule has 0 aliphatic carbocycles.